The van der Waals surface area contributed by atoms with Gasteiger partial charge in [0.2, 0.25) is 0 Å². The Hall–Kier alpha value is -1.36. The van der Waals surface area contributed by atoms with Crippen molar-refractivity contribution >= 4 is 11.9 Å². The second kappa shape index (κ2) is 5.08. The van der Waals surface area contributed by atoms with Crippen molar-refractivity contribution in [2.75, 3.05) is 0 Å². The molecule has 122 valence electrons. The second-order valence-corrected chi connectivity index (χ2v) is 7.21. The maximum Gasteiger partial charge on any atom is 0.309 e. The van der Waals surface area contributed by atoms with Crippen molar-refractivity contribution in [2.24, 2.45) is 17.3 Å². The first-order valence-corrected chi connectivity index (χ1v) is 8.02. The van der Waals surface area contributed by atoms with Gasteiger partial charge in [-0.25, -0.2) is 0 Å². The molecule has 1 saturated carbocycles. The standard InChI is InChI=1S/C17H24O5/c1-8-11-5-6-17(4)13(19)7-12(21-10(3)18)9(2)14(17)15(11)22-16(8)20/h8,11-13,15,19H,5-7H2,1-4H3/t8-,11-,12-,13+,15-,17-/m0/s1. The third-order valence-corrected chi connectivity index (χ3v) is 5.93. The van der Waals surface area contributed by atoms with Crippen LogP contribution in [0, 0.1) is 17.3 Å². The zero-order valence-electron chi connectivity index (χ0n) is 13.6. The Morgan fingerprint density at radius 1 is 1.45 bits per heavy atom. The summed E-state index contributed by atoms with van der Waals surface area (Å²) in [6, 6.07) is 0. The van der Waals surface area contributed by atoms with E-state index < -0.39 is 17.6 Å². The van der Waals surface area contributed by atoms with E-state index in [1.807, 2.05) is 20.8 Å². The molecule has 2 fully saturated rings. The van der Waals surface area contributed by atoms with Crippen LogP contribution in [0.3, 0.4) is 0 Å². The quantitative estimate of drug-likeness (QED) is 0.592. The molecule has 0 unspecified atom stereocenters. The molecular weight excluding hydrogens is 284 g/mol. The zero-order chi connectivity index (χ0) is 16.2. The molecule has 3 rings (SSSR count). The van der Waals surface area contributed by atoms with E-state index in [0.717, 1.165) is 24.0 Å². The molecule has 2 aliphatic carbocycles. The largest absolute Gasteiger partial charge is 0.458 e. The smallest absolute Gasteiger partial charge is 0.309 e. The Kier molecular flexibility index (Phi) is 3.59. The van der Waals surface area contributed by atoms with Gasteiger partial charge in [0.15, 0.2) is 0 Å². The molecule has 6 atom stereocenters. The van der Waals surface area contributed by atoms with Crippen molar-refractivity contribution in [3.8, 4) is 0 Å². The minimum atomic E-state index is -0.592. The maximum atomic E-state index is 12.0. The van der Waals surface area contributed by atoms with E-state index in [1.54, 1.807) is 0 Å². The van der Waals surface area contributed by atoms with Gasteiger partial charge in [-0.3, -0.25) is 9.59 Å². The summed E-state index contributed by atoms with van der Waals surface area (Å²) in [5.41, 5.74) is 1.53. The number of carbonyl (C=O) groups excluding carboxylic acids is 2. The van der Waals surface area contributed by atoms with Gasteiger partial charge in [0.05, 0.1) is 12.0 Å². The van der Waals surface area contributed by atoms with E-state index in [9.17, 15) is 14.7 Å². The lowest BCUT2D eigenvalue weighted by molar-refractivity contribution is -0.150. The van der Waals surface area contributed by atoms with Crippen molar-refractivity contribution in [1.82, 2.24) is 0 Å². The molecule has 0 aromatic heterocycles. The number of aliphatic hydroxyl groups excluding tert-OH is 1. The number of aliphatic hydroxyl groups is 1. The lowest BCUT2D eigenvalue weighted by Crippen LogP contribution is -2.50. The van der Waals surface area contributed by atoms with E-state index in [0.29, 0.717) is 6.42 Å². The fourth-order valence-corrected chi connectivity index (χ4v) is 4.53. The van der Waals surface area contributed by atoms with Gasteiger partial charge in [-0.15, -0.1) is 0 Å². The van der Waals surface area contributed by atoms with Crippen LogP contribution in [0.5, 0.6) is 0 Å². The summed E-state index contributed by atoms with van der Waals surface area (Å²) in [4.78, 5) is 23.3. The molecule has 22 heavy (non-hydrogen) atoms. The highest BCUT2D eigenvalue weighted by molar-refractivity contribution is 5.76. The Morgan fingerprint density at radius 2 is 2.14 bits per heavy atom. The average molecular weight is 308 g/mol. The molecule has 1 heterocycles. The number of fused-ring (bicyclic) bond motifs is 3. The Labute approximate surface area is 130 Å². The molecule has 0 amide bonds. The lowest BCUT2D eigenvalue weighted by Gasteiger charge is -2.50. The number of hydrogen-bond acceptors (Lipinski definition) is 5. The van der Waals surface area contributed by atoms with Crippen molar-refractivity contribution in [1.29, 1.82) is 0 Å². The molecule has 1 saturated heterocycles. The summed E-state index contributed by atoms with van der Waals surface area (Å²) in [6.45, 7) is 7.26. The molecule has 1 N–H and O–H groups in total. The minimum Gasteiger partial charge on any atom is -0.458 e. The van der Waals surface area contributed by atoms with Crippen molar-refractivity contribution < 1.29 is 24.2 Å². The zero-order valence-corrected chi connectivity index (χ0v) is 13.6. The first kappa shape index (κ1) is 15.5. The van der Waals surface area contributed by atoms with Gasteiger partial charge in [0.1, 0.15) is 12.2 Å². The summed E-state index contributed by atoms with van der Waals surface area (Å²) < 4.78 is 11.0. The molecule has 5 heteroatoms. The van der Waals surface area contributed by atoms with Crippen LogP contribution in [0.15, 0.2) is 11.1 Å². The first-order chi connectivity index (χ1) is 10.3. The Morgan fingerprint density at radius 3 is 2.77 bits per heavy atom. The third kappa shape index (κ3) is 2.09. The maximum absolute atomic E-state index is 12.0. The average Bonchev–Trinajstić information content (AvgIpc) is 2.71. The molecular formula is C17H24O5. The van der Waals surface area contributed by atoms with E-state index in [1.165, 1.54) is 6.92 Å². The highest BCUT2D eigenvalue weighted by Gasteiger charge is 2.57. The number of ether oxygens (including phenoxy) is 2. The molecule has 5 nitrogen and oxygen atoms in total. The molecule has 0 bridgehead atoms. The van der Waals surface area contributed by atoms with E-state index in [2.05, 4.69) is 0 Å². The Balaban J connectivity index is 2.05. The summed E-state index contributed by atoms with van der Waals surface area (Å²) >= 11 is 0. The highest BCUT2D eigenvalue weighted by atomic mass is 16.6. The van der Waals surface area contributed by atoms with Crippen molar-refractivity contribution in [2.45, 2.75) is 65.3 Å². The molecule has 0 aromatic carbocycles. The van der Waals surface area contributed by atoms with Gasteiger partial charge in [-0.2, -0.15) is 0 Å². The van der Waals surface area contributed by atoms with Crippen LogP contribution in [0.4, 0.5) is 0 Å². The topological polar surface area (TPSA) is 72.8 Å². The van der Waals surface area contributed by atoms with Gasteiger partial charge in [-0.1, -0.05) is 13.8 Å². The Bertz CT molecular complexity index is 551. The van der Waals surface area contributed by atoms with Crippen LogP contribution in [-0.2, 0) is 19.1 Å². The van der Waals surface area contributed by atoms with Crippen molar-refractivity contribution in [3.05, 3.63) is 11.1 Å². The number of esters is 2. The van der Waals surface area contributed by atoms with E-state index in [4.69, 9.17) is 9.47 Å². The minimum absolute atomic E-state index is 0.110. The van der Waals surface area contributed by atoms with Crippen LogP contribution >= 0.6 is 0 Å². The van der Waals surface area contributed by atoms with Gasteiger partial charge in [0, 0.05) is 24.7 Å². The predicted octanol–water partition coefficient (Wildman–Crippen LogP) is 1.98. The fraction of sp³-hybridized carbons (Fsp3) is 0.765. The van der Waals surface area contributed by atoms with Crippen LogP contribution in [0.25, 0.3) is 0 Å². The van der Waals surface area contributed by atoms with Gasteiger partial charge < -0.3 is 14.6 Å². The fourth-order valence-electron chi connectivity index (χ4n) is 4.53. The molecule has 0 aromatic rings. The molecule has 1 aliphatic heterocycles. The SMILES string of the molecule is CC(=O)O[C@H]1C[C@@H](O)[C@]2(C)CC[C@H]3[C@H](C)C(=O)O[C@@H]3C2=C1C. The first-order valence-electron chi connectivity index (χ1n) is 8.02. The van der Waals surface area contributed by atoms with Crippen LogP contribution in [-0.4, -0.2) is 35.4 Å². The molecule has 3 aliphatic rings. The summed E-state index contributed by atoms with van der Waals surface area (Å²) in [5.74, 6) is -0.469. The third-order valence-electron chi connectivity index (χ3n) is 5.93. The van der Waals surface area contributed by atoms with Crippen LogP contribution in [0.1, 0.15) is 47.0 Å². The van der Waals surface area contributed by atoms with Gasteiger partial charge >= 0.3 is 11.9 Å². The number of carbonyl (C=O) groups is 2. The molecule has 0 radical (unpaired) electrons. The van der Waals surface area contributed by atoms with E-state index in [-0.39, 0.29) is 29.9 Å². The number of hydrogen-bond donors (Lipinski definition) is 1. The van der Waals surface area contributed by atoms with Crippen molar-refractivity contribution in [3.63, 3.8) is 0 Å². The van der Waals surface area contributed by atoms with Crippen LogP contribution < -0.4 is 0 Å². The van der Waals surface area contributed by atoms with E-state index >= 15 is 0 Å². The summed E-state index contributed by atoms with van der Waals surface area (Å²) in [6.07, 6.45) is 0.812. The predicted molar refractivity (Wildman–Crippen MR) is 78.8 cm³/mol. The molecule has 0 spiro atoms. The second-order valence-electron chi connectivity index (χ2n) is 7.21. The van der Waals surface area contributed by atoms with Gasteiger partial charge in [0.25, 0.3) is 0 Å². The number of rotatable bonds is 1. The monoisotopic (exact) mass is 308 g/mol. The van der Waals surface area contributed by atoms with Gasteiger partial charge in [-0.05, 0) is 30.9 Å². The lowest BCUT2D eigenvalue weighted by atomic mass is 9.58. The highest BCUT2D eigenvalue weighted by Crippen LogP contribution is 2.55. The van der Waals surface area contributed by atoms with Crippen LogP contribution in [0.2, 0.25) is 0 Å². The normalized spacial score (nSPS) is 44.2. The summed E-state index contributed by atoms with van der Waals surface area (Å²) in [5, 5.41) is 10.7. The summed E-state index contributed by atoms with van der Waals surface area (Å²) in [7, 11) is 0.